The van der Waals surface area contributed by atoms with Gasteiger partial charge in [0.2, 0.25) is 0 Å². The molecule has 2 aliphatic heterocycles. The number of amides is 3. The van der Waals surface area contributed by atoms with E-state index in [0.29, 0.717) is 22.9 Å². The van der Waals surface area contributed by atoms with Crippen LogP contribution in [0.3, 0.4) is 0 Å². The Morgan fingerprint density at radius 2 is 1.75 bits per heavy atom. The molecule has 1 unspecified atom stereocenters. The first kappa shape index (κ1) is 22.1. The average molecular weight is 452 g/mol. The summed E-state index contributed by atoms with van der Waals surface area (Å²) in [5, 5.41) is 2.80. The van der Waals surface area contributed by atoms with E-state index in [-0.39, 0.29) is 16.6 Å². The minimum atomic E-state index is -0.562. The highest BCUT2D eigenvalue weighted by Crippen LogP contribution is 2.31. The summed E-state index contributed by atoms with van der Waals surface area (Å²) in [5.41, 5.74) is 3.72. The van der Waals surface area contributed by atoms with Gasteiger partial charge in [0.15, 0.2) is 0 Å². The Bertz CT molecular complexity index is 1120. The maximum absolute atomic E-state index is 13.0. The van der Waals surface area contributed by atoms with Crippen molar-refractivity contribution < 1.29 is 14.4 Å². The standard InChI is InChI=1S/C25H26ClN3O3/c1-15-5-4-12-28(14-15)23(30)18-7-9-19(10-8-18)27-22-21(26)24(31)29(25(22)32)20-11-6-16(2)17(3)13-20/h6-11,13,15,27H,4-5,12,14H2,1-3H3. The zero-order valence-corrected chi connectivity index (χ0v) is 19.2. The van der Waals surface area contributed by atoms with Crippen molar-refractivity contribution in [2.45, 2.75) is 33.6 Å². The normalized spacial score (nSPS) is 19.1. The van der Waals surface area contributed by atoms with Crippen molar-refractivity contribution in [1.82, 2.24) is 4.90 Å². The molecule has 3 amide bonds. The predicted octanol–water partition coefficient (Wildman–Crippen LogP) is 4.61. The number of carbonyl (C=O) groups excluding carboxylic acids is 3. The van der Waals surface area contributed by atoms with E-state index < -0.39 is 11.8 Å². The lowest BCUT2D eigenvalue weighted by Gasteiger charge is -2.31. The first-order chi connectivity index (χ1) is 15.3. The van der Waals surface area contributed by atoms with Crippen molar-refractivity contribution in [2.24, 2.45) is 5.92 Å². The molecule has 1 N–H and O–H groups in total. The summed E-state index contributed by atoms with van der Waals surface area (Å²) < 4.78 is 0. The van der Waals surface area contributed by atoms with Gasteiger partial charge in [0, 0.05) is 24.3 Å². The van der Waals surface area contributed by atoms with Gasteiger partial charge in [-0.25, -0.2) is 4.90 Å². The molecule has 32 heavy (non-hydrogen) atoms. The number of halogens is 1. The Balaban J connectivity index is 1.50. The molecule has 1 fully saturated rings. The predicted molar refractivity (Wildman–Crippen MR) is 126 cm³/mol. The molecular formula is C25H26ClN3O3. The number of rotatable bonds is 4. The number of aryl methyl sites for hydroxylation is 2. The number of carbonyl (C=O) groups is 3. The Labute approximate surface area is 192 Å². The lowest BCUT2D eigenvalue weighted by Crippen LogP contribution is -2.39. The smallest absolute Gasteiger partial charge is 0.283 e. The van der Waals surface area contributed by atoms with Crippen molar-refractivity contribution in [3.05, 3.63) is 69.9 Å². The summed E-state index contributed by atoms with van der Waals surface area (Å²) in [6, 6.07) is 12.3. The van der Waals surface area contributed by atoms with Gasteiger partial charge >= 0.3 is 0 Å². The molecular weight excluding hydrogens is 426 g/mol. The molecule has 6 nitrogen and oxygen atoms in total. The minimum absolute atomic E-state index is 0.00776. The molecule has 0 aromatic heterocycles. The zero-order chi connectivity index (χ0) is 23.0. The zero-order valence-electron chi connectivity index (χ0n) is 18.4. The van der Waals surface area contributed by atoms with Gasteiger partial charge in [0.1, 0.15) is 10.7 Å². The van der Waals surface area contributed by atoms with Crippen LogP contribution in [0.5, 0.6) is 0 Å². The molecule has 166 valence electrons. The molecule has 0 saturated carbocycles. The lowest BCUT2D eigenvalue weighted by molar-refractivity contribution is -0.120. The van der Waals surface area contributed by atoms with Crippen molar-refractivity contribution in [3.8, 4) is 0 Å². The summed E-state index contributed by atoms with van der Waals surface area (Å²) in [7, 11) is 0. The van der Waals surface area contributed by atoms with Gasteiger partial charge in [0.05, 0.1) is 5.69 Å². The second-order valence-corrected chi connectivity index (χ2v) is 8.98. The molecule has 1 saturated heterocycles. The summed E-state index contributed by atoms with van der Waals surface area (Å²) in [6.07, 6.45) is 2.17. The number of hydrogen-bond acceptors (Lipinski definition) is 4. The molecule has 1 atom stereocenters. The maximum atomic E-state index is 13.0. The van der Waals surface area contributed by atoms with Gasteiger partial charge in [0.25, 0.3) is 17.7 Å². The average Bonchev–Trinajstić information content (AvgIpc) is 2.99. The molecule has 2 aliphatic rings. The van der Waals surface area contributed by atoms with Crippen LogP contribution in [0.4, 0.5) is 11.4 Å². The summed E-state index contributed by atoms with van der Waals surface area (Å²) in [6.45, 7) is 7.59. The van der Waals surface area contributed by atoms with Crippen molar-refractivity contribution in [2.75, 3.05) is 23.3 Å². The van der Waals surface area contributed by atoms with E-state index in [9.17, 15) is 14.4 Å². The highest BCUT2D eigenvalue weighted by atomic mass is 35.5. The number of anilines is 2. The maximum Gasteiger partial charge on any atom is 0.283 e. The summed E-state index contributed by atoms with van der Waals surface area (Å²) >= 11 is 6.23. The van der Waals surface area contributed by atoms with E-state index in [1.54, 1.807) is 36.4 Å². The number of nitrogens with zero attached hydrogens (tertiary/aromatic N) is 2. The Hall–Kier alpha value is -3.12. The van der Waals surface area contributed by atoms with Crippen LogP contribution in [0.1, 0.15) is 41.3 Å². The number of benzene rings is 2. The Kier molecular flexibility index (Phi) is 6.07. The fourth-order valence-electron chi connectivity index (χ4n) is 4.11. The fraction of sp³-hybridized carbons (Fsp3) is 0.320. The SMILES string of the molecule is Cc1ccc(N2C(=O)C(Cl)=C(Nc3ccc(C(=O)N4CCCC(C)C4)cc3)C2=O)cc1C. The topological polar surface area (TPSA) is 69.7 Å². The number of nitrogens with one attached hydrogen (secondary N) is 1. The van der Waals surface area contributed by atoms with E-state index in [4.69, 9.17) is 11.6 Å². The summed E-state index contributed by atoms with van der Waals surface area (Å²) in [4.78, 5) is 41.4. The number of likely N-dealkylation sites (tertiary alicyclic amines) is 1. The lowest BCUT2D eigenvalue weighted by atomic mass is 9.99. The monoisotopic (exact) mass is 451 g/mol. The van der Waals surface area contributed by atoms with E-state index >= 15 is 0 Å². The largest absolute Gasteiger partial charge is 0.350 e. The molecule has 0 bridgehead atoms. The van der Waals surface area contributed by atoms with Crippen LogP contribution >= 0.6 is 11.6 Å². The van der Waals surface area contributed by atoms with Gasteiger partial charge in [-0.3, -0.25) is 14.4 Å². The van der Waals surface area contributed by atoms with Gasteiger partial charge in [-0.1, -0.05) is 24.6 Å². The molecule has 0 radical (unpaired) electrons. The molecule has 4 rings (SSSR count). The van der Waals surface area contributed by atoms with Crippen LogP contribution in [-0.4, -0.2) is 35.7 Å². The fourth-order valence-corrected chi connectivity index (χ4v) is 4.32. The highest BCUT2D eigenvalue weighted by molar-refractivity contribution is 6.53. The molecule has 2 aromatic rings. The Morgan fingerprint density at radius 3 is 2.41 bits per heavy atom. The molecule has 0 spiro atoms. The first-order valence-electron chi connectivity index (χ1n) is 10.8. The number of hydrogen-bond donors (Lipinski definition) is 1. The van der Waals surface area contributed by atoms with Crippen molar-refractivity contribution >= 4 is 40.7 Å². The van der Waals surface area contributed by atoms with E-state index in [2.05, 4.69) is 12.2 Å². The minimum Gasteiger partial charge on any atom is -0.350 e. The molecule has 2 heterocycles. The molecule has 2 aromatic carbocycles. The third kappa shape index (κ3) is 4.15. The van der Waals surface area contributed by atoms with Crippen LogP contribution in [0, 0.1) is 19.8 Å². The number of imide groups is 1. The van der Waals surface area contributed by atoms with E-state index in [1.807, 2.05) is 24.8 Å². The van der Waals surface area contributed by atoms with Gasteiger partial charge in [-0.15, -0.1) is 0 Å². The first-order valence-corrected chi connectivity index (χ1v) is 11.2. The molecule has 0 aliphatic carbocycles. The van der Waals surface area contributed by atoms with Crippen LogP contribution in [-0.2, 0) is 9.59 Å². The quantitative estimate of drug-likeness (QED) is 0.689. The van der Waals surface area contributed by atoms with E-state index in [0.717, 1.165) is 42.0 Å². The Morgan fingerprint density at radius 1 is 1.03 bits per heavy atom. The van der Waals surface area contributed by atoms with Crippen LogP contribution < -0.4 is 10.2 Å². The highest BCUT2D eigenvalue weighted by Gasteiger charge is 2.39. The van der Waals surface area contributed by atoms with Crippen LogP contribution in [0.2, 0.25) is 0 Å². The van der Waals surface area contributed by atoms with Crippen molar-refractivity contribution in [3.63, 3.8) is 0 Å². The van der Waals surface area contributed by atoms with Crippen LogP contribution in [0.15, 0.2) is 53.2 Å². The van der Waals surface area contributed by atoms with Gasteiger partial charge in [-0.05, 0) is 80.1 Å². The second kappa shape index (κ2) is 8.79. The van der Waals surface area contributed by atoms with Gasteiger partial charge in [-0.2, -0.15) is 0 Å². The van der Waals surface area contributed by atoms with Gasteiger partial charge < -0.3 is 10.2 Å². The van der Waals surface area contributed by atoms with E-state index in [1.165, 1.54) is 0 Å². The third-order valence-corrected chi connectivity index (χ3v) is 6.47. The molecule has 7 heteroatoms. The third-order valence-electron chi connectivity index (χ3n) is 6.12. The van der Waals surface area contributed by atoms with Crippen LogP contribution in [0.25, 0.3) is 0 Å². The second-order valence-electron chi connectivity index (χ2n) is 8.60. The van der Waals surface area contributed by atoms with Crippen molar-refractivity contribution in [1.29, 1.82) is 0 Å². The summed E-state index contributed by atoms with van der Waals surface area (Å²) in [5.74, 6) is -0.554. The number of piperidine rings is 1.